The average Bonchev–Trinajstić information content (AvgIpc) is 3.67. The maximum absolute atomic E-state index is 15.5. The summed E-state index contributed by atoms with van der Waals surface area (Å²) in [7, 11) is -0.940. The number of carbonyl (C=O) groups excluding carboxylic acids is 3. The summed E-state index contributed by atoms with van der Waals surface area (Å²) < 4.78 is 19.0. The van der Waals surface area contributed by atoms with E-state index in [1.165, 1.54) is 0 Å². The standard InChI is InChI=1S/C52H50ClN3O7Si/c1-34-49(64(3,4)40-25-23-39(61-2)24-26-40)47(31-48(58)54(28-29-57)32-35-12-6-5-7-13-35)63-52(34)42-30-37(53)20-27-43(42)55(51(52)60)33-36-18-21-38(22-19-36)56-44-15-9-11-17-46(44)62-45-16-10-8-14-41(45)50(56)59/h5-27,30,34,47,49,57H,28-29,31-33H2,1-4H3/t34-,47+,49-,52+/m0/s1. The SMILES string of the molecule is COc1ccc([Si](C)(C)[C@@H]2[C@@H](CC(=O)N(CCO)Cc3ccccc3)O[C@]3(C(=O)N(Cc4ccc(N5C(=O)c6ccccc6Oc6ccccc65)cc4)c4ccc(Cl)cc43)[C@H]2C)cc1. The maximum atomic E-state index is 15.5. The third-order valence-corrected chi connectivity index (χ3v) is 17.9. The van der Waals surface area contributed by atoms with Gasteiger partial charge in [-0.1, -0.05) is 116 Å². The van der Waals surface area contributed by atoms with Crippen LogP contribution in [0.3, 0.4) is 0 Å². The lowest BCUT2D eigenvalue weighted by Crippen LogP contribution is -2.52. The first-order valence-electron chi connectivity index (χ1n) is 21.6. The monoisotopic (exact) mass is 891 g/mol. The number of carbonyl (C=O) groups is 3. The van der Waals surface area contributed by atoms with E-state index in [0.717, 1.165) is 22.1 Å². The Hall–Kier alpha value is -6.24. The fourth-order valence-corrected chi connectivity index (χ4v) is 14.3. The van der Waals surface area contributed by atoms with Crippen LogP contribution < -0.4 is 24.5 Å². The van der Waals surface area contributed by atoms with Crippen LogP contribution in [0, 0.1) is 5.92 Å². The van der Waals surface area contributed by atoms with Gasteiger partial charge in [0, 0.05) is 35.3 Å². The van der Waals surface area contributed by atoms with E-state index in [1.807, 2.05) is 115 Å². The van der Waals surface area contributed by atoms with E-state index < -0.39 is 19.8 Å². The lowest BCUT2D eigenvalue weighted by Gasteiger charge is -2.37. The Balaban J connectivity index is 1.06. The van der Waals surface area contributed by atoms with Crippen molar-refractivity contribution >= 4 is 59.6 Å². The van der Waals surface area contributed by atoms with Gasteiger partial charge in [-0.2, -0.15) is 0 Å². The number of nitrogens with zero attached hydrogens (tertiary/aromatic N) is 3. The highest BCUT2D eigenvalue weighted by atomic mass is 35.5. The first-order chi connectivity index (χ1) is 30.9. The summed E-state index contributed by atoms with van der Waals surface area (Å²) in [4.78, 5) is 49.2. The average molecular weight is 893 g/mol. The van der Waals surface area contributed by atoms with Gasteiger partial charge in [0.1, 0.15) is 11.5 Å². The van der Waals surface area contributed by atoms with E-state index in [1.54, 1.807) is 40.0 Å². The lowest BCUT2D eigenvalue weighted by atomic mass is 9.82. The maximum Gasteiger partial charge on any atom is 0.266 e. The molecule has 326 valence electrons. The number of anilines is 3. The Morgan fingerprint density at radius 2 is 1.52 bits per heavy atom. The molecule has 9 rings (SSSR count). The van der Waals surface area contributed by atoms with Crippen LogP contribution in [0.4, 0.5) is 17.1 Å². The van der Waals surface area contributed by atoms with Crippen LogP contribution in [0.5, 0.6) is 17.2 Å². The number of para-hydroxylation sites is 3. The van der Waals surface area contributed by atoms with E-state index >= 15 is 4.79 Å². The highest BCUT2D eigenvalue weighted by molar-refractivity contribution is 6.91. The smallest absolute Gasteiger partial charge is 0.266 e. The zero-order valence-electron chi connectivity index (χ0n) is 36.2. The highest BCUT2D eigenvalue weighted by Gasteiger charge is 2.66. The second-order valence-electron chi connectivity index (χ2n) is 17.3. The molecule has 4 atom stereocenters. The molecule has 0 aromatic heterocycles. The minimum absolute atomic E-state index is 0.0225. The van der Waals surface area contributed by atoms with Crippen LogP contribution in [0.15, 0.2) is 146 Å². The first-order valence-corrected chi connectivity index (χ1v) is 25.1. The quantitative estimate of drug-likeness (QED) is 0.122. The van der Waals surface area contributed by atoms with E-state index in [-0.39, 0.29) is 55.3 Å². The predicted molar refractivity (Wildman–Crippen MR) is 252 cm³/mol. The minimum Gasteiger partial charge on any atom is -0.497 e. The van der Waals surface area contributed by atoms with Crippen molar-refractivity contribution in [1.29, 1.82) is 0 Å². The van der Waals surface area contributed by atoms with Crippen molar-refractivity contribution in [2.45, 2.75) is 56.8 Å². The largest absolute Gasteiger partial charge is 0.497 e. The molecule has 1 spiro atoms. The second kappa shape index (κ2) is 17.4. The van der Waals surface area contributed by atoms with Crippen molar-refractivity contribution in [2.75, 3.05) is 30.1 Å². The van der Waals surface area contributed by atoms with Crippen LogP contribution in [0.2, 0.25) is 23.7 Å². The molecule has 64 heavy (non-hydrogen) atoms. The molecule has 10 nitrogen and oxygen atoms in total. The molecule has 3 amide bonds. The Morgan fingerprint density at radius 3 is 2.23 bits per heavy atom. The van der Waals surface area contributed by atoms with Crippen molar-refractivity contribution < 1.29 is 33.7 Å². The van der Waals surface area contributed by atoms with Gasteiger partial charge >= 0.3 is 0 Å². The highest BCUT2D eigenvalue weighted by Crippen LogP contribution is 2.60. The van der Waals surface area contributed by atoms with Crippen molar-refractivity contribution in [2.24, 2.45) is 5.92 Å². The van der Waals surface area contributed by atoms with Gasteiger partial charge in [-0.15, -0.1) is 0 Å². The molecule has 1 N–H and O–H groups in total. The summed E-state index contributed by atoms with van der Waals surface area (Å²) in [5.74, 6) is 0.827. The number of fused-ring (bicyclic) bond motifs is 4. The molecule has 3 aliphatic rings. The predicted octanol–water partition coefficient (Wildman–Crippen LogP) is 9.61. The molecular formula is C52H50ClN3O7Si. The van der Waals surface area contributed by atoms with Crippen molar-refractivity contribution in [3.05, 3.63) is 173 Å². The molecule has 3 aliphatic heterocycles. The number of ether oxygens (including phenoxy) is 3. The van der Waals surface area contributed by atoms with E-state index in [4.69, 9.17) is 25.8 Å². The molecule has 1 fully saturated rings. The summed E-state index contributed by atoms with van der Waals surface area (Å²) >= 11 is 6.78. The van der Waals surface area contributed by atoms with Gasteiger partial charge in [0.2, 0.25) is 5.91 Å². The molecule has 3 heterocycles. The van der Waals surface area contributed by atoms with Crippen molar-refractivity contribution in [3.8, 4) is 17.2 Å². The zero-order valence-corrected chi connectivity index (χ0v) is 38.0. The molecule has 0 radical (unpaired) electrons. The van der Waals surface area contributed by atoms with Gasteiger partial charge < -0.3 is 29.1 Å². The van der Waals surface area contributed by atoms with Gasteiger partial charge in [-0.3, -0.25) is 19.3 Å². The van der Waals surface area contributed by atoms with Crippen LogP contribution in [-0.4, -0.2) is 62.2 Å². The molecule has 6 aromatic carbocycles. The second-order valence-corrected chi connectivity index (χ2v) is 22.4. The Bertz CT molecular complexity index is 2720. The summed E-state index contributed by atoms with van der Waals surface area (Å²) in [6.07, 6.45) is -0.615. The number of methoxy groups -OCH3 is 1. The first kappa shape index (κ1) is 43.0. The van der Waals surface area contributed by atoms with Crippen molar-refractivity contribution in [1.82, 2.24) is 4.90 Å². The number of rotatable bonds is 12. The topological polar surface area (TPSA) is 109 Å². The molecule has 0 unspecified atom stereocenters. The number of aliphatic hydroxyl groups excluding tert-OH is 1. The van der Waals surface area contributed by atoms with Crippen LogP contribution in [0.25, 0.3) is 0 Å². The van der Waals surface area contributed by atoms with Gasteiger partial charge in [0.05, 0.1) is 57.8 Å². The lowest BCUT2D eigenvalue weighted by molar-refractivity contribution is -0.150. The molecule has 0 bridgehead atoms. The van der Waals surface area contributed by atoms with E-state index in [2.05, 4.69) is 32.2 Å². The summed E-state index contributed by atoms with van der Waals surface area (Å²) in [5.41, 5.74) is 3.23. The molecule has 12 heteroatoms. The van der Waals surface area contributed by atoms with Crippen LogP contribution in [0.1, 0.15) is 40.4 Å². The minimum atomic E-state index is -2.58. The van der Waals surface area contributed by atoms with Crippen molar-refractivity contribution in [3.63, 3.8) is 0 Å². The Kier molecular flexibility index (Phi) is 11.7. The summed E-state index contributed by atoms with van der Waals surface area (Å²) in [5, 5.41) is 11.7. The Labute approximate surface area is 379 Å². The fraction of sp³-hybridized carbons (Fsp3) is 0.250. The number of halogens is 1. The molecule has 1 saturated heterocycles. The third kappa shape index (κ3) is 7.55. The van der Waals surface area contributed by atoms with Crippen LogP contribution >= 0.6 is 11.6 Å². The number of aliphatic hydroxyl groups is 1. The summed E-state index contributed by atoms with van der Waals surface area (Å²) in [6, 6.07) is 45.6. The molecule has 0 saturated carbocycles. The van der Waals surface area contributed by atoms with E-state index in [9.17, 15) is 14.7 Å². The number of hydrogen-bond acceptors (Lipinski definition) is 7. The normalized spacial score (nSPS) is 20.1. The number of benzene rings is 6. The van der Waals surface area contributed by atoms with Gasteiger partial charge in [-0.25, -0.2) is 0 Å². The van der Waals surface area contributed by atoms with Crippen LogP contribution in [-0.2, 0) is 33.0 Å². The number of amides is 3. The number of hydrogen-bond donors (Lipinski definition) is 1. The fourth-order valence-electron chi connectivity index (χ4n) is 10.2. The molecule has 6 aromatic rings. The molecular weight excluding hydrogens is 842 g/mol. The third-order valence-electron chi connectivity index (χ3n) is 13.3. The summed E-state index contributed by atoms with van der Waals surface area (Å²) in [6.45, 7) is 7.17. The van der Waals surface area contributed by atoms with Gasteiger partial charge in [-0.05, 0) is 83.4 Å². The van der Waals surface area contributed by atoms with E-state index in [0.29, 0.717) is 51.3 Å². The van der Waals surface area contributed by atoms with Gasteiger partial charge in [0.25, 0.3) is 11.8 Å². The molecule has 0 aliphatic carbocycles. The zero-order chi connectivity index (χ0) is 44.8. The Morgan fingerprint density at radius 1 is 0.828 bits per heavy atom. The van der Waals surface area contributed by atoms with Gasteiger partial charge in [0.15, 0.2) is 11.4 Å².